The largest absolute Gasteiger partial charge is 0.388 e. The van der Waals surface area contributed by atoms with Crippen LogP contribution in [-0.4, -0.2) is 64.7 Å². The van der Waals surface area contributed by atoms with Crippen LogP contribution in [0.2, 0.25) is 0 Å². The first-order valence-electron chi connectivity index (χ1n) is 10.9. The molecule has 2 aromatic carbocycles. The highest BCUT2D eigenvalue weighted by Crippen LogP contribution is 2.22. The Balaban J connectivity index is 1.32. The van der Waals surface area contributed by atoms with Gasteiger partial charge in [0.25, 0.3) is 0 Å². The summed E-state index contributed by atoms with van der Waals surface area (Å²) >= 11 is 0. The molecular weight excluding hydrogens is 400 g/mol. The van der Waals surface area contributed by atoms with Gasteiger partial charge in [0.1, 0.15) is 5.52 Å². The maximum Gasteiger partial charge on any atom is 0.229 e. The number of nitrogens with zero attached hydrogens (tertiary/aromatic N) is 6. The number of rotatable bonds is 6. The molecular formula is C24H28N8. The third kappa shape index (κ3) is 4.36. The van der Waals surface area contributed by atoms with Crippen LogP contribution in [0.15, 0.2) is 61.1 Å². The molecule has 0 aliphatic carbocycles. The van der Waals surface area contributed by atoms with Gasteiger partial charge in [0.05, 0.1) is 19.1 Å². The van der Waals surface area contributed by atoms with E-state index in [9.17, 15) is 0 Å². The van der Waals surface area contributed by atoms with E-state index in [1.165, 1.54) is 11.3 Å². The van der Waals surface area contributed by atoms with Crippen LogP contribution in [0.25, 0.3) is 11.2 Å². The van der Waals surface area contributed by atoms with Crippen LogP contribution in [0.4, 0.5) is 23.0 Å². The van der Waals surface area contributed by atoms with E-state index in [-0.39, 0.29) is 0 Å². The van der Waals surface area contributed by atoms with E-state index < -0.39 is 0 Å². The Morgan fingerprint density at radius 3 is 2.53 bits per heavy atom. The molecule has 32 heavy (non-hydrogen) atoms. The predicted octanol–water partition coefficient (Wildman–Crippen LogP) is 3.41. The molecule has 0 radical (unpaired) electrons. The van der Waals surface area contributed by atoms with Gasteiger partial charge >= 0.3 is 0 Å². The molecule has 1 aliphatic rings. The molecule has 1 saturated heterocycles. The van der Waals surface area contributed by atoms with Crippen molar-refractivity contribution in [3.8, 4) is 0 Å². The molecule has 0 bridgehead atoms. The van der Waals surface area contributed by atoms with E-state index in [1.54, 1.807) is 6.20 Å². The van der Waals surface area contributed by atoms with E-state index in [4.69, 9.17) is 4.98 Å². The van der Waals surface area contributed by atoms with E-state index in [0.717, 1.165) is 48.7 Å². The number of anilines is 4. The smallest absolute Gasteiger partial charge is 0.229 e. The number of aromatic nitrogens is 4. The number of likely N-dealkylation sites (N-methyl/N-ethyl adjacent to an activating group) is 1. The molecule has 5 rings (SSSR count). The predicted molar refractivity (Wildman–Crippen MR) is 130 cm³/mol. The minimum Gasteiger partial charge on any atom is -0.388 e. The van der Waals surface area contributed by atoms with Gasteiger partial charge in [-0.15, -0.1) is 0 Å². The van der Waals surface area contributed by atoms with Crippen LogP contribution in [0.1, 0.15) is 5.56 Å². The number of fused-ring (bicyclic) bond motifs is 1. The average molecular weight is 429 g/mol. The maximum absolute atomic E-state index is 4.74. The van der Waals surface area contributed by atoms with Gasteiger partial charge in [0, 0.05) is 50.3 Å². The molecule has 1 aliphatic heterocycles. The first kappa shape index (κ1) is 20.3. The highest BCUT2D eigenvalue weighted by atomic mass is 15.2. The fourth-order valence-corrected chi connectivity index (χ4v) is 4.00. The second kappa shape index (κ2) is 8.84. The zero-order valence-corrected chi connectivity index (χ0v) is 18.5. The van der Waals surface area contributed by atoms with Gasteiger partial charge in [-0.2, -0.15) is 4.98 Å². The maximum atomic E-state index is 4.74. The summed E-state index contributed by atoms with van der Waals surface area (Å²) in [5, 5.41) is 6.51. The first-order chi connectivity index (χ1) is 15.7. The van der Waals surface area contributed by atoms with Crippen molar-refractivity contribution in [2.24, 2.45) is 0 Å². The minimum atomic E-state index is 0.565. The topological polar surface area (TPSA) is 74.1 Å². The SMILES string of the molecule is CNc1cccc(Cn2cnc3cnc(Nc4ccc(N5CCN(C)CC5)cc4)nc32)c1. The first-order valence-corrected chi connectivity index (χ1v) is 10.9. The van der Waals surface area contributed by atoms with Gasteiger partial charge in [0.15, 0.2) is 5.65 Å². The molecule has 8 heteroatoms. The summed E-state index contributed by atoms with van der Waals surface area (Å²) in [6.45, 7) is 5.01. The molecule has 0 spiro atoms. The number of hydrogen-bond donors (Lipinski definition) is 2. The Bertz CT molecular complexity index is 1190. The van der Waals surface area contributed by atoms with Gasteiger partial charge in [-0.05, 0) is 49.0 Å². The summed E-state index contributed by atoms with van der Waals surface area (Å²) in [6, 6.07) is 16.8. The van der Waals surface area contributed by atoms with Crippen LogP contribution in [0.3, 0.4) is 0 Å². The van der Waals surface area contributed by atoms with Crippen molar-refractivity contribution < 1.29 is 0 Å². The normalized spacial score (nSPS) is 14.6. The lowest BCUT2D eigenvalue weighted by Crippen LogP contribution is -2.44. The van der Waals surface area contributed by atoms with E-state index in [1.807, 2.05) is 24.0 Å². The van der Waals surface area contributed by atoms with Gasteiger partial charge in [0.2, 0.25) is 5.95 Å². The quantitative estimate of drug-likeness (QED) is 0.487. The third-order valence-electron chi connectivity index (χ3n) is 5.92. The van der Waals surface area contributed by atoms with E-state index in [2.05, 4.69) is 79.9 Å². The zero-order chi connectivity index (χ0) is 21.9. The molecule has 2 N–H and O–H groups in total. The Labute approximate surface area is 187 Å². The van der Waals surface area contributed by atoms with E-state index in [0.29, 0.717) is 12.5 Å². The molecule has 3 heterocycles. The second-order valence-corrected chi connectivity index (χ2v) is 8.19. The Morgan fingerprint density at radius 2 is 1.75 bits per heavy atom. The summed E-state index contributed by atoms with van der Waals surface area (Å²) in [7, 11) is 4.10. The molecule has 4 aromatic rings. The van der Waals surface area contributed by atoms with Crippen molar-refractivity contribution in [3.05, 3.63) is 66.6 Å². The van der Waals surface area contributed by atoms with Crippen LogP contribution < -0.4 is 15.5 Å². The van der Waals surface area contributed by atoms with Gasteiger partial charge in [-0.1, -0.05) is 12.1 Å². The van der Waals surface area contributed by atoms with Crippen LogP contribution >= 0.6 is 0 Å². The van der Waals surface area contributed by atoms with Gasteiger partial charge in [-0.25, -0.2) is 9.97 Å². The van der Waals surface area contributed by atoms with E-state index >= 15 is 0 Å². The van der Waals surface area contributed by atoms with Gasteiger partial charge < -0.3 is 25.0 Å². The number of imidazole rings is 1. The molecule has 0 saturated carbocycles. The molecule has 8 nitrogen and oxygen atoms in total. The minimum absolute atomic E-state index is 0.565. The third-order valence-corrected chi connectivity index (χ3v) is 5.92. The number of hydrogen-bond acceptors (Lipinski definition) is 7. The van der Waals surface area contributed by atoms with Gasteiger partial charge in [-0.3, -0.25) is 0 Å². The monoisotopic (exact) mass is 428 g/mol. The van der Waals surface area contributed by atoms with Crippen molar-refractivity contribution in [2.45, 2.75) is 6.54 Å². The fraction of sp³-hybridized carbons (Fsp3) is 0.292. The highest BCUT2D eigenvalue weighted by Gasteiger charge is 2.14. The lowest BCUT2D eigenvalue weighted by atomic mass is 10.2. The Hall–Kier alpha value is -3.65. The Kier molecular flexibility index (Phi) is 5.60. The number of piperazine rings is 1. The lowest BCUT2D eigenvalue weighted by molar-refractivity contribution is 0.313. The Morgan fingerprint density at radius 1 is 0.938 bits per heavy atom. The standard InChI is InChI=1S/C24H28N8/c1-25-20-5-3-4-18(14-20)16-32-17-27-22-15-26-24(29-23(22)32)28-19-6-8-21(9-7-19)31-12-10-30(2)11-13-31/h3-9,14-15,17,25H,10-13,16H2,1-2H3,(H,26,28,29). The molecule has 0 unspecified atom stereocenters. The lowest BCUT2D eigenvalue weighted by Gasteiger charge is -2.34. The molecule has 164 valence electrons. The van der Waals surface area contributed by atoms with Crippen molar-refractivity contribution in [1.29, 1.82) is 0 Å². The molecule has 2 aromatic heterocycles. The van der Waals surface area contributed by atoms with Crippen molar-refractivity contribution in [2.75, 3.05) is 55.8 Å². The van der Waals surface area contributed by atoms with Crippen molar-refractivity contribution >= 4 is 34.2 Å². The summed E-state index contributed by atoms with van der Waals surface area (Å²) in [5.74, 6) is 0.565. The molecule has 0 atom stereocenters. The van der Waals surface area contributed by atoms with Crippen LogP contribution in [0, 0.1) is 0 Å². The summed E-state index contributed by atoms with van der Waals surface area (Å²) < 4.78 is 2.05. The van der Waals surface area contributed by atoms with Crippen molar-refractivity contribution in [3.63, 3.8) is 0 Å². The van der Waals surface area contributed by atoms with Crippen molar-refractivity contribution in [1.82, 2.24) is 24.4 Å². The molecule has 1 fully saturated rings. The number of benzene rings is 2. The highest BCUT2D eigenvalue weighted by molar-refractivity contribution is 5.72. The van der Waals surface area contributed by atoms with Crippen LogP contribution in [0.5, 0.6) is 0 Å². The average Bonchev–Trinajstić information content (AvgIpc) is 3.22. The summed E-state index contributed by atoms with van der Waals surface area (Å²) in [4.78, 5) is 18.4. The summed E-state index contributed by atoms with van der Waals surface area (Å²) in [5.41, 5.74) is 6.08. The fourth-order valence-electron chi connectivity index (χ4n) is 4.00. The summed E-state index contributed by atoms with van der Waals surface area (Å²) in [6.07, 6.45) is 3.59. The zero-order valence-electron chi connectivity index (χ0n) is 18.5. The molecule has 0 amide bonds. The van der Waals surface area contributed by atoms with Crippen LogP contribution in [-0.2, 0) is 6.54 Å². The second-order valence-electron chi connectivity index (χ2n) is 8.19. The number of nitrogens with one attached hydrogen (secondary N) is 2.